The number of hydrogen-bond acceptors (Lipinski definition) is 4. The number of hydrogen-bond donors (Lipinski definition) is 3. The van der Waals surface area contributed by atoms with E-state index in [2.05, 4.69) is 11.1 Å². The van der Waals surface area contributed by atoms with Crippen molar-refractivity contribution in [3.63, 3.8) is 0 Å². The van der Waals surface area contributed by atoms with Crippen LogP contribution < -0.4 is 5.73 Å². The van der Waals surface area contributed by atoms with Crippen LogP contribution in [0.25, 0.3) is 0 Å². The van der Waals surface area contributed by atoms with E-state index in [9.17, 15) is 9.59 Å². The van der Waals surface area contributed by atoms with E-state index in [0.717, 1.165) is 17.8 Å². The quantitative estimate of drug-likeness (QED) is 0.707. The molecule has 0 unspecified atom stereocenters. The van der Waals surface area contributed by atoms with Crippen LogP contribution in [-0.2, 0) is 16.0 Å². The topological polar surface area (TPSA) is 113 Å². The van der Waals surface area contributed by atoms with Crippen LogP contribution in [0.4, 0.5) is 5.69 Å². The van der Waals surface area contributed by atoms with Crippen molar-refractivity contribution < 1.29 is 19.8 Å². The van der Waals surface area contributed by atoms with E-state index >= 15 is 0 Å². The molecule has 1 aromatic rings. The Kier molecular flexibility index (Phi) is 5.71. The Balaban J connectivity index is 0.000000221. The molecule has 0 spiro atoms. The Morgan fingerprint density at radius 1 is 1.15 bits per heavy atom. The van der Waals surface area contributed by atoms with Gasteiger partial charge in [-0.3, -0.25) is 4.99 Å². The third-order valence-corrected chi connectivity index (χ3v) is 2.26. The summed E-state index contributed by atoms with van der Waals surface area (Å²) in [5.41, 5.74) is 8.80. The molecule has 4 N–H and O–H groups in total. The van der Waals surface area contributed by atoms with Crippen molar-refractivity contribution in [2.45, 2.75) is 6.42 Å². The van der Waals surface area contributed by atoms with Gasteiger partial charge in [0.1, 0.15) is 0 Å². The first-order valence-corrected chi connectivity index (χ1v) is 5.69. The molecule has 6 heteroatoms. The largest absolute Gasteiger partial charge is 0.478 e. The molecule has 0 saturated carbocycles. The minimum absolute atomic E-state index is 0.558. The summed E-state index contributed by atoms with van der Waals surface area (Å²) >= 11 is 0. The molecule has 0 aliphatic carbocycles. The fraction of sp³-hybridized carbons (Fsp3) is 0.0714. The van der Waals surface area contributed by atoms with Crippen molar-refractivity contribution in [1.29, 1.82) is 0 Å². The van der Waals surface area contributed by atoms with Gasteiger partial charge in [0.05, 0.1) is 5.69 Å². The summed E-state index contributed by atoms with van der Waals surface area (Å²) in [6.07, 6.45) is 5.52. The second kappa shape index (κ2) is 7.52. The number of allylic oxidation sites excluding steroid dienone is 2. The van der Waals surface area contributed by atoms with Gasteiger partial charge in [-0.05, 0) is 17.7 Å². The maximum Gasteiger partial charge on any atom is 0.328 e. The zero-order chi connectivity index (χ0) is 15.0. The Hall–Kier alpha value is -2.89. The van der Waals surface area contributed by atoms with E-state index in [1.807, 2.05) is 24.3 Å². The SMILES string of the molecule is NC1=CC=Nc2ccccc2C1.O=C(O)C=CC(=O)O. The second-order valence-corrected chi connectivity index (χ2v) is 3.84. The van der Waals surface area contributed by atoms with E-state index in [0.29, 0.717) is 12.2 Å². The molecule has 0 fully saturated rings. The Morgan fingerprint density at radius 2 is 1.75 bits per heavy atom. The Morgan fingerprint density at radius 3 is 2.35 bits per heavy atom. The van der Waals surface area contributed by atoms with E-state index in [1.165, 1.54) is 5.56 Å². The molecule has 0 amide bonds. The first kappa shape index (κ1) is 15.2. The maximum absolute atomic E-state index is 9.55. The van der Waals surface area contributed by atoms with Gasteiger partial charge in [-0.25, -0.2) is 9.59 Å². The number of carboxylic acid groups (broad SMARTS) is 2. The molecule has 6 nitrogen and oxygen atoms in total. The fourth-order valence-electron chi connectivity index (χ4n) is 1.42. The van der Waals surface area contributed by atoms with Crippen LogP contribution >= 0.6 is 0 Å². The van der Waals surface area contributed by atoms with Gasteiger partial charge in [0, 0.05) is 30.5 Å². The lowest BCUT2D eigenvalue weighted by Gasteiger charge is -2.01. The van der Waals surface area contributed by atoms with Crippen LogP contribution in [0.3, 0.4) is 0 Å². The van der Waals surface area contributed by atoms with Gasteiger partial charge in [0.15, 0.2) is 0 Å². The van der Waals surface area contributed by atoms with Gasteiger partial charge in [0.25, 0.3) is 0 Å². The molecule has 0 bridgehead atoms. The molecule has 1 aliphatic heterocycles. The summed E-state index contributed by atoms with van der Waals surface area (Å²) in [4.78, 5) is 23.4. The molecule has 1 aromatic carbocycles. The standard InChI is InChI=1S/C10H10N2.C4H4O4/c11-9-5-6-12-10-4-2-1-3-8(10)7-9;5-3(6)1-2-4(7)8/h1-6H,7,11H2;1-2H,(H,5,6)(H,7,8). The highest BCUT2D eigenvalue weighted by molar-refractivity contribution is 5.89. The average molecular weight is 274 g/mol. The zero-order valence-electron chi connectivity index (χ0n) is 10.6. The lowest BCUT2D eigenvalue weighted by Crippen LogP contribution is -2.00. The predicted molar refractivity (Wildman–Crippen MR) is 75.0 cm³/mol. The first-order valence-electron chi connectivity index (χ1n) is 5.69. The number of carbonyl (C=O) groups is 2. The molecule has 1 aliphatic rings. The second-order valence-electron chi connectivity index (χ2n) is 3.84. The fourth-order valence-corrected chi connectivity index (χ4v) is 1.42. The van der Waals surface area contributed by atoms with Gasteiger partial charge in [-0.2, -0.15) is 0 Å². The van der Waals surface area contributed by atoms with Crippen molar-refractivity contribution in [2.75, 3.05) is 0 Å². The Labute approximate surface area is 115 Å². The van der Waals surface area contributed by atoms with E-state index < -0.39 is 11.9 Å². The van der Waals surface area contributed by atoms with Crippen LogP contribution in [-0.4, -0.2) is 28.4 Å². The normalized spacial score (nSPS) is 12.7. The number of aliphatic imine (C=N–C) groups is 1. The number of para-hydroxylation sites is 1. The van der Waals surface area contributed by atoms with Crippen LogP contribution in [0.5, 0.6) is 0 Å². The summed E-state index contributed by atoms with van der Waals surface area (Å²) in [5, 5.41) is 15.6. The summed E-state index contributed by atoms with van der Waals surface area (Å²) in [5.74, 6) is -2.51. The van der Waals surface area contributed by atoms with Crippen molar-refractivity contribution in [1.82, 2.24) is 0 Å². The summed E-state index contributed by atoms with van der Waals surface area (Å²) < 4.78 is 0. The molecular formula is C14H14N2O4. The number of nitrogens with two attached hydrogens (primary N) is 1. The van der Waals surface area contributed by atoms with Crippen LogP contribution in [0.15, 0.2) is 53.2 Å². The molecule has 0 atom stereocenters. The highest BCUT2D eigenvalue weighted by Gasteiger charge is 2.02. The van der Waals surface area contributed by atoms with Crippen LogP contribution in [0.1, 0.15) is 5.56 Å². The molecule has 0 radical (unpaired) electrons. The summed E-state index contributed by atoms with van der Waals surface area (Å²) in [6, 6.07) is 8.04. The average Bonchev–Trinajstić information content (AvgIpc) is 2.57. The van der Waals surface area contributed by atoms with Gasteiger partial charge >= 0.3 is 11.9 Å². The minimum Gasteiger partial charge on any atom is -0.478 e. The highest BCUT2D eigenvalue weighted by atomic mass is 16.4. The van der Waals surface area contributed by atoms with E-state index in [-0.39, 0.29) is 0 Å². The minimum atomic E-state index is -1.26. The molecule has 1 heterocycles. The molecule has 0 saturated heterocycles. The summed E-state index contributed by atoms with van der Waals surface area (Å²) in [7, 11) is 0. The van der Waals surface area contributed by atoms with Gasteiger partial charge < -0.3 is 15.9 Å². The molecule has 2 rings (SSSR count). The van der Waals surface area contributed by atoms with Crippen molar-refractivity contribution in [3.05, 3.63) is 53.8 Å². The van der Waals surface area contributed by atoms with Crippen molar-refractivity contribution >= 4 is 23.8 Å². The molecule has 20 heavy (non-hydrogen) atoms. The Bertz CT molecular complexity index is 573. The van der Waals surface area contributed by atoms with Crippen LogP contribution in [0, 0.1) is 0 Å². The maximum atomic E-state index is 9.55. The molecule has 104 valence electrons. The summed E-state index contributed by atoms with van der Waals surface area (Å²) in [6.45, 7) is 0. The highest BCUT2D eigenvalue weighted by Crippen LogP contribution is 2.21. The van der Waals surface area contributed by atoms with E-state index in [1.54, 1.807) is 6.21 Å². The third kappa shape index (κ3) is 5.63. The lowest BCUT2D eigenvalue weighted by molar-refractivity contribution is -0.134. The molecule has 0 aromatic heterocycles. The van der Waals surface area contributed by atoms with Crippen molar-refractivity contribution in [2.24, 2.45) is 10.7 Å². The third-order valence-electron chi connectivity index (χ3n) is 2.26. The van der Waals surface area contributed by atoms with Crippen LogP contribution in [0.2, 0.25) is 0 Å². The number of fused-ring (bicyclic) bond motifs is 1. The zero-order valence-corrected chi connectivity index (χ0v) is 10.6. The number of rotatable bonds is 2. The number of benzene rings is 1. The number of nitrogens with zero attached hydrogens (tertiary/aromatic N) is 1. The first-order chi connectivity index (χ1) is 9.49. The molecular weight excluding hydrogens is 260 g/mol. The monoisotopic (exact) mass is 274 g/mol. The van der Waals surface area contributed by atoms with Gasteiger partial charge in [-0.1, -0.05) is 18.2 Å². The van der Waals surface area contributed by atoms with Gasteiger partial charge in [0.2, 0.25) is 0 Å². The van der Waals surface area contributed by atoms with Crippen molar-refractivity contribution in [3.8, 4) is 0 Å². The van der Waals surface area contributed by atoms with Gasteiger partial charge in [-0.15, -0.1) is 0 Å². The smallest absolute Gasteiger partial charge is 0.328 e. The lowest BCUT2D eigenvalue weighted by atomic mass is 10.1. The predicted octanol–water partition coefficient (Wildman–Crippen LogP) is 1.50. The number of aliphatic carboxylic acids is 2. The van der Waals surface area contributed by atoms with E-state index in [4.69, 9.17) is 15.9 Å². The number of carboxylic acids is 2.